The van der Waals surface area contributed by atoms with Crippen LogP contribution in [0.2, 0.25) is 0 Å². The van der Waals surface area contributed by atoms with Gasteiger partial charge in [0.1, 0.15) is 0 Å². The van der Waals surface area contributed by atoms with Crippen LogP contribution in [0, 0.1) is 5.92 Å². The first-order valence-corrected chi connectivity index (χ1v) is 11.1. The van der Waals surface area contributed by atoms with Crippen LogP contribution in [-0.2, 0) is 20.0 Å². The van der Waals surface area contributed by atoms with Crippen molar-refractivity contribution in [2.75, 3.05) is 19.6 Å². The fourth-order valence-corrected chi connectivity index (χ4v) is 5.74. The summed E-state index contributed by atoms with van der Waals surface area (Å²) in [5.74, 6) is 0.509. The molecule has 3 N–H and O–H groups in total. The number of nitrogens with one attached hydrogen (secondary N) is 1. The lowest BCUT2D eigenvalue weighted by molar-refractivity contribution is 0.234. The molecule has 0 bridgehead atoms. The zero-order valence-corrected chi connectivity index (χ0v) is 15.0. The minimum absolute atomic E-state index is 0.0218. The van der Waals surface area contributed by atoms with Crippen LogP contribution in [0.15, 0.2) is 34.1 Å². The molecule has 3 rings (SSSR count). The molecule has 0 amide bonds. The van der Waals surface area contributed by atoms with Crippen molar-refractivity contribution >= 4 is 20.0 Å². The molecule has 134 valence electrons. The van der Waals surface area contributed by atoms with E-state index < -0.39 is 20.0 Å². The molecule has 1 unspecified atom stereocenters. The van der Waals surface area contributed by atoms with Gasteiger partial charge in [0.2, 0.25) is 20.0 Å². The van der Waals surface area contributed by atoms with Gasteiger partial charge >= 0.3 is 0 Å². The Kier molecular flexibility index (Phi) is 4.99. The van der Waals surface area contributed by atoms with E-state index in [0.29, 0.717) is 25.0 Å². The van der Waals surface area contributed by atoms with Gasteiger partial charge in [0.25, 0.3) is 0 Å². The lowest BCUT2D eigenvalue weighted by Crippen LogP contribution is -2.43. The van der Waals surface area contributed by atoms with Crippen LogP contribution < -0.4 is 10.5 Å². The highest BCUT2D eigenvalue weighted by Gasteiger charge is 2.33. The molecule has 0 spiro atoms. The Morgan fingerprint density at radius 2 is 1.71 bits per heavy atom. The highest BCUT2D eigenvalue weighted by Crippen LogP contribution is 2.29. The van der Waals surface area contributed by atoms with Crippen LogP contribution in [0.3, 0.4) is 0 Å². The number of hydrogen-bond donors (Lipinski definition) is 2. The first-order chi connectivity index (χ1) is 11.3. The van der Waals surface area contributed by atoms with E-state index in [0.717, 1.165) is 31.9 Å². The van der Waals surface area contributed by atoms with Crippen LogP contribution in [0.25, 0.3) is 0 Å². The van der Waals surface area contributed by atoms with Gasteiger partial charge in [-0.05, 0) is 56.3 Å². The topological polar surface area (TPSA) is 110 Å². The average molecular weight is 374 g/mol. The Bertz CT molecular complexity index is 794. The Morgan fingerprint density at radius 3 is 2.29 bits per heavy atom. The van der Waals surface area contributed by atoms with Crippen LogP contribution in [-0.4, -0.2) is 46.8 Å². The van der Waals surface area contributed by atoms with Crippen LogP contribution >= 0.6 is 0 Å². The number of piperidine rings is 1. The fourth-order valence-electron chi connectivity index (χ4n) is 3.59. The third-order valence-corrected chi connectivity index (χ3v) is 7.74. The van der Waals surface area contributed by atoms with Gasteiger partial charge in [-0.2, -0.15) is 4.31 Å². The molecule has 1 aromatic carbocycles. The van der Waals surface area contributed by atoms with E-state index in [-0.39, 0.29) is 9.79 Å². The molecule has 0 aromatic heterocycles. The molecule has 0 aliphatic carbocycles. The smallest absolute Gasteiger partial charge is 0.243 e. The number of benzene rings is 1. The highest BCUT2D eigenvalue weighted by atomic mass is 32.2. The maximum Gasteiger partial charge on any atom is 0.243 e. The number of sulfonamides is 2. The number of hydrogen-bond acceptors (Lipinski definition) is 5. The van der Waals surface area contributed by atoms with Gasteiger partial charge in [-0.1, -0.05) is 6.07 Å². The normalized spacial score (nSPS) is 24.3. The number of rotatable bonds is 4. The largest absolute Gasteiger partial charge is 0.314 e. The van der Waals surface area contributed by atoms with Gasteiger partial charge in [-0.3, -0.25) is 0 Å². The molecule has 0 radical (unpaired) electrons. The number of primary sulfonamides is 1. The third kappa shape index (κ3) is 3.65. The summed E-state index contributed by atoms with van der Waals surface area (Å²) in [6.45, 7) is 1.97. The maximum absolute atomic E-state index is 12.8. The van der Waals surface area contributed by atoms with E-state index in [9.17, 15) is 16.8 Å². The van der Waals surface area contributed by atoms with E-state index in [4.69, 9.17) is 5.14 Å². The summed E-state index contributed by atoms with van der Waals surface area (Å²) in [5, 5.41) is 8.58. The molecular weight excluding hydrogens is 350 g/mol. The lowest BCUT2D eigenvalue weighted by Gasteiger charge is -2.34. The summed E-state index contributed by atoms with van der Waals surface area (Å²) in [7, 11) is -7.63. The maximum atomic E-state index is 12.8. The molecule has 1 atom stereocenters. The molecule has 7 nitrogen and oxygen atoms in total. The van der Waals surface area contributed by atoms with Gasteiger partial charge in [-0.25, -0.2) is 22.0 Å². The predicted octanol–water partition coefficient (Wildman–Crippen LogP) is 0.487. The number of nitrogens with two attached hydrogens (primary N) is 1. The van der Waals surface area contributed by atoms with Crippen molar-refractivity contribution in [2.24, 2.45) is 11.1 Å². The van der Waals surface area contributed by atoms with Crippen LogP contribution in [0.5, 0.6) is 0 Å². The molecular formula is C15H23N3O4S2. The molecule has 2 heterocycles. The fraction of sp³-hybridized carbons (Fsp3) is 0.600. The van der Waals surface area contributed by atoms with E-state index in [2.05, 4.69) is 5.32 Å². The summed E-state index contributed by atoms with van der Waals surface area (Å²) in [5.41, 5.74) is 0. The van der Waals surface area contributed by atoms with Crippen molar-refractivity contribution in [3.05, 3.63) is 24.3 Å². The van der Waals surface area contributed by atoms with E-state index >= 15 is 0 Å². The van der Waals surface area contributed by atoms with E-state index in [1.54, 1.807) is 0 Å². The highest BCUT2D eigenvalue weighted by molar-refractivity contribution is 7.90. The summed E-state index contributed by atoms with van der Waals surface area (Å²) in [4.78, 5) is -0.208. The minimum Gasteiger partial charge on any atom is -0.314 e. The third-order valence-electron chi connectivity index (χ3n) is 4.94. The van der Waals surface area contributed by atoms with Gasteiger partial charge in [-0.15, -0.1) is 0 Å². The Morgan fingerprint density at radius 1 is 1.04 bits per heavy atom. The molecule has 1 aromatic rings. The summed E-state index contributed by atoms with van der Waals surface area (Å²) in [6, 6.07) is 5.75. The van der Waals surface area contributed by atoms with Gasteiger partial charge < -0.3 is 5.32 Å². The second-order valence-corrected chi connectivity index (χ2v) is 9.96. The first kappa shape index (κ1) is 17.8. The van der Waals surface area contributed by atoms with Gasteiger partial charge in [0, 0.05) is 19.1 Å². The summed E-state index contributed by atoms with van der Waals surface area (Å²) >= 11 is 0. The molecule has 2 aliphatic rings. The average Bonchev–Trinajstić information content (AvgIpc) is 3.09. The Labute approximate surface area is 143 Å². The van der Waals surface area contributed by atoms with Gasteiger partial charge in [0.15, 0.2) is 0 Å². The Hall–Kier alpha value is -1.00. The van der Waals surface area contributed by atoms with Crippen molar-refractivity contribution in [1.82, 2.24) is 9.62 Å². The lowest BCUT2D eigenvalue weighted by atomic mass is 9.89. The van der Waals surface area contributed by atoms with Gasteiger partial charge in [0.05, 0.1) is 9.79 Å². The van der Waals surface area contributed by atoms with Crippen molar-refractivity contribution in [2.45, 2.75) is 41.5 Å². The summed E-state index contributed by atoms with van der Waals surface area (Å²) < 4.78 is 49.9. The van der Waals surface area contributed by atoms with Crippen molar-refractivity contribution in [3.63, 3.8) is 0 Å². The molecule has 2 saturated heterocycles. The molecule has 2 aliphatic heterocycles. The number of nitrogens with zero attached hydrogens (tertiary/aromatic N) is 1. The SMILES string of the molecule is NS(=O)(=O)c1cccc(S(=O)(=O)N2CCC(C3CCCN3)CC2)c1. The van der Waals surface area contributed by atoms with Crippen molar-refractivity contribution in [3.8, 4) is 0 Å². The zero-order valence-electron chi connectivity index (χ0n) is 13.4. The van der Waals surface area contributed by atoms with E-state index in [1.165, 1.54) is 28.9 Å². The standard InChI is InChI=1S/C15H23N3O4S2/c16-23(19,20)13-3-1-4-14(11-13)24(21,22)18-9-6-12(7-10-18)15-5-2-8-17-15/h1,3-4,11-12,15,17H,2,5-10H2,(H2,16,19,20). The monoisotopic (exact) mass is 373 g/mol. The minimum atomic E-state index is -3.93. The second-order valence-electron chi connectivity index (χ2n) is 6.46. The van der Waals surface area contributed by atoms with E-state index in [1.807, 2.05) is 0 Å². The second kappa shape index (κ2) is 6.72. The molecule has 9 heteroatoms. The van der Waals surface area contributed by atoms with Crippen LogP contribution in [0.1, 0.15) is 25.7 Å². The summed E-state index contributed by atoms with van der Waals surface area (Å²) in [6.07, 6.45) is 3.99. The molecule has 24 heavy (non-hydrogen) atoms. The molecule has 2 fully saturated rings. The van der Waals surface area contributed by atoms with Crippen LogP contribution in [0.4, 0.5) is 0 Å². The first-order valence-electron chi connectivity index (χ1n) is 8.15. The van der Waals surface area contributed by atoms with Crippen molar-refractivity contribution < 1.29 is 16.8 Å². The quantitative estimate of drug-likeness (QED) is 0.798. The zero-order chi connectivity index (χ0) is 17.4. The molecule has 0 saturated carbocycles. The Balaban J connectivity index is 1.75. The predicted molar refractivity (Wildman–Crippen MR) is 90.3 cm³/mol. The van der Waals surface area contributed by atoms with Crippen molar-refractivity contribution in [1.29, 1.82) is 0 Å².